The molecule has 0 radical (unpaired) electrons. The predicted molar refractivity (Wildman–Crippen MR) is 125 cm³/mol. The Morgan fingerprint density at radius 2 is 1.97 bits per heavy atom. The first kappa shape index (κ1) is 22.4. The number of nitrogens with zero attached hydrogens (tertiary/aromatic N) is 3. The molecule has 9 heteroatoms. The third-order valence-corrected chi connectivity index (χ3v) is 5.68. The molecule has 1 fully saturated rings. The summed E-state index contributed by atoms with van der Waals surface area (Å²) in [7, 11) is 1.60. The van der Waals surface area contributed by atoms with Crippen LogP contribution >= 0.6 is 0 Å². The Bertz CT molecular complexity index is 1160. The number of benzene rings is 2. The van der Waals surface area contributed by atoms with Crippen LogP contribution in [0.4, 0.5) is 5.82 Å². The van der Waals surface area contributed by atoms with Gasteiger partial charge in [0.2, 0.25) is 5.91 Å². The van der Waals surface area contributed by atoms with E-state index in [9.17, 15) is 9.90 Å². The molecule has 0 spiro atoms. The van der Waals surface area contributed by atoms with E-state index >= 15 is 0 Å². The quantitative estimate of drug-likeness (QED) is 0.374. The molecule has 1 unspecified atom stereocenters. The number of anilines is 1. The van der Waals surface area contributed by atoms with Crippen molar-refractivity contribution >= 4 is 11.7 Å². The van der Waals surface area contributed by atoms with E-state index in [0.29, 0.717) is 48.0 Å². The second-order valence-corrected chi connectivity index (χ2v) is 7.77. The number of carbonyl (C=O) groups is 1. The van der Waals surface area contributed by atoms with Crippen LogP contribution in [0.2, 0.25) is 0 Å². The van der Waals surface area contributed by atoms with E-state index < -0.39 is 6.23 Å². The smallest absolute Gasteiger partial charge is 0.246 e. The highest BCUT2D eigenvalue weighted by Crippen LogP contribution is 2.35. The first-order valence-electron chi connectivity index (χ1n) is 10.6. The summed E-state index contributed by atoms with van der Waals surface area (Å²) in [6.45, 7) is 4.59. The van der Waals surface area contributed by atoms with Gasteiger partial charge in [0.1, 0.15) is 35.0 Å². The fraction of sp³-hybridized carbons (Fsp3) is 0.250. The van der Waals surface area contributed by atoms with Crippen LogP contribution in [0.15, 0.2) is 61.2 Å². The molecule has 0 bridgehead atoms. The summed E-state index contributed by atoms with van der Waals surface area (Å²) in [5, 5.41) is 14.9. The maximum Gasteiger partial charge on any atom is 0.246 e. The van der Waals surface area contributed by atoms with Gasteiger partial charge in [0.15, 0.2) is 0 Å². The van der Waals surface area contributed by atoms with Crippen molar-refractivity contribution < 1.29 is 19.4 Å². The molecule has 9 nitrogen and oxygen atoms in total. The van der Waals surface area contributed by atoms with Crippen LogP contribution in [-0.2, 0) is 4.79 Å². The van der Waals surface area contributed by atoms with Crippen LogP contribution in [0.1, 0.15) is 24.3 Å². The van der Waals surface area contributed by atoms with Gasteiger partial charge in [0, 0.05) is 24.7 Å². The number of amides is 1. The minimum atomic E-state index is -1.30. The average molecular weight is 450 g/mol. The summed E-state index contributed by atoms with van der Waals surface area (Å²) in [5.41, 5.74) is 13.7. The molecule has 3 aromatic rings. The van der Waals surface area contributed by atoms with Crippen molar-refractivity contribution in [2.75, 3.05) is 25.9 Å². The van der Waals surface area contributed by atoms with Crippen molar-refractivity contribution in [3.8, 4) is 28.5 Å². The molecule has 0 saturated carbocycles. The molecule has 5 N–H and O–H groups in total. The first-order chi connectivity index (χ1) is 15.9. The van der Waals surface area contributed by atoms with Crippen molar-refractivity contribution in [2.45, 2.75) is 18.7 Å². The Hall–Kier alpha value is -3.82. The van der Waals surface area contributed by atoms with Crippen LogP contribution in [0, 0.1) is 0 Å². The highest BCUT2D eigenvalue weighted by atomic mass is 16.5. The molecule has 33 heavy (non-hydrogen) atoms. The van der Waals surface area contributed by atoms with Crippen LogP contribution in [0.3, 0.4) is 0 Å². The number of aromatic nitrogens is 2. The van der Waals surface area contributed by atoms with Crippen molar-refractivity contribution in [1.82, 2.24) is 14.7 Å². The number of methoxy groups -OCH3 is 1. The number of aliphatic hydroxyl groups is 1. The first-order valence-corrected chi connectivity index (χ1v) is 10.6. The summed E-state index contributed by atoms with van der Waals surface area (Å²) >= 11 is 0. The van der Waals surface area contributed by atoms with Gasteiger partial charge in [0.05, 0.1) is 18.7 Å². The van der Waals surface area contributed by atoms with Gasteiger partial charge < -0.3 is 30.9 Å². The lowest BCUT2D eigenvalue weighted by molar-refractivity contribution is -0.125. The van der Waals surface area contributed by atoms with Gasteiger partial charge in [0.25, 0.3) is 0 Å². The zero-order valence-electron chi connectivity index (χ0n) is 18.3. The van der Waals surface area contributed by atoms with E-state index in [1.165, 1.54) is 6.08 Å². The topological polar surface area (TPSA) is 129 Å². The molecule has 2 aromatic carbocycles. The summed E-state index contributed by atoms with van der Waals surface area (Å²) in [5.74, 6) is 2.13. The average Bonchev–Trinajstić information content (AvgIpc) is 3.44. The van der Waals surface area contributed by atoms with Gasteiger partial charge in [-0.2, -0.15) is 5.10 Å². The lowest BCUT2D eigenvalue weighted by atomic mass is 10.1. The highest BCUT2D eigenvalue weighted by molar-refractivity contribution is 5.87. The SMILES string of the molecule is C=CC(=O)N1CC[C@@H](n2nc(-c3ccc(Oc4cccc(OC)c4)cc3)c(C(N)O)c2N)C1. The molecule has 1 aliphatic rings. The molecular formula is C24H27N5O4. The van der Waals surface area contributed by atoms with Crippen LogP contribution in [-0.4, -0.2) is 45.9 Å². The minimum Gasteiger partial charge on any atom is -0.497 e. The third kappa shape index (κ3) is 4.55. The fourth-order valence-electron chi connectivity index (χ4n) is 4.00. The molecular weight excluding hydrogens is 422 g/mol. The van der Waals surface area contributed by atoms with Crippen molar-refractivity contribution in [3.63, 3.8) is 0 Å². The number of ether oxygens (including phenoxy) is 2. The van der Waals surface area contributed by atoms with E-state index in [0.717, 1.165) is 5.56 Å². The minimum absolute atomic E-state index is 0.115. The maximum atomic E-state index is 11.9. The second-order valence-electron chi connectivity index (χ2n) is 7.77. The molecule has 2 heterocycles. The third-order valence-electron chi connectivity index (χ3n) is 5.68. The molecule has 2 atom stereocenters. The number of likely N-dealkylation sites (tertiary alicyclic amines) is 1. The number of nitrogens with two attached hydrogens (primary N) is 2. The lowest BCUT2D eigenvalue weighted by Gasteiger charge is -2.15. The van der Waals surface area contributed by atoms with Gasteiger partial charge in [-0.15, -0.1) is 0 Å². The molecule has 0 aliphatic carbocycles. The van der Waals surface area contributed by atoms with Crippen LogP contribution < -0.4 is 20.9 Å². The van der Waals surface area contributed by atoms with E-state index in [2.05, 4.69) is 11.7 Å². The normalized spacial score (nSPS) is 16.5. The van der Waals surface area contributed by atoms with Gasteiger partial charge in [-0.1, -0.05) is 12.6 Å². The number of hydrogen-bond acceptors (Lipinski definition) is 7. The fourth-order valence-corrected chi connectivity index (χ4v) is 4.00. The van der Waals surface area contributed by atoms with Gasteiger partial charge in [-0.25, -0.2) is 4.68 Å². The summed E-state index contributed by atoms with van der Waals surface area (Å²) in [6.07, 6.45) is 0.691. The van der Waals surface area contributed by atoms with E-state index in [4.69, 9.17) is 20.9 Å². The highest BCUT2D eigenvalue weighted by Gasteiger charge is 2.31. The Labute approximate surface area is 191 Å². The molecule has 4 rings (SSSR count). The largest absolute Gasteiger partial charge is 0.497 e. The predicted octanol–water partition coefficient (Wildman–Crippen LogP) is 2.84. The molecule has 1 saturated heterocycles. The van der Waals surface area contributed by atoms with Crippen LogP contribution in [0.5, 0.6) is 17.2 Å². The molecule has 172 valence electrons. The van der Waals surface area contributed by atoms with Crippen molar-refractivity contribution in [1.29, 1.82) is 0 Å². The Balaban J connectivity index is 1.60. The lowest BCUT2D eigenvalue weighted by Crippen LogP contribution is -2.27. The zero-order chi connectivity index (χ0) is 23.5. The number of rotatable bonds is 7. The Morgan fingerprint density at radius 1 is 1.24 bits per heavy atom. The van der Waals surface area contributed by atoms with Crippen molar-refractivity contribution in [3.05, 3.63) is 66.7 Å². The summed E-state index contributed by atoms with van der Waals surface area (Å²) in [4.78, 5) is 13.6. The summed E-state index contributed by atoms with van der Waals surface area (Å²) in [6, 6.07) is 14.5. The van der Waals surface area contributed by atoms with Gasteiger partial charge >= 0.3 is 0 Å². The van der Waals surface area contributed by atoms with E-state index in [1.807, 2.05) is 30.3 Å². The number of carbonyl (C=O) groups excluding carboxylic acids is 1. The Kier molecular flexibility index (Phi) is 6.34. The standard InChI is InChI=1S/C24H27N5O4/c1-3-20(30)28-12-11-16(14-28)29-23(25)21(24(26)31)22(27-29)15-7-9-17(10-8-15)33-19-6-4-5-18(13-19)32-2/h3-10,13,16,24,31H,1,11-12,14,25-26H2,2H3/t16-,24?/m1/s1. The van der Waals surface area contributed by atoms with Crippen molar-refractivity contribution in [2.24, 2.45) is 5.73 Å². The van der Waals surface area contributed by atoms with Crippen LogP contribution in [0.25, 0.3) is 11.3 Å². The number of nitrogen functional groups attached to an aromatic ring is 1. The van der Waals surface area contributed by atoms with Gasteiger partial charge in [-0.05, 0) is 48.9 Å². The van der Waals surface area contributed by atoms with E-state index in [-0.39, 0.29) is 17.8 Å². The van der Waals surface area contributed by atoms with E-state index in [1.54, 1.807) is 34.9 Å². The number of aliphatic hydroxyl groups excluding tert-OH is 1. The molecule has 1 amide bonds. The molecule has 1 aliphatic heterocycles. The molecule has 1 aromatic heterocycles. The second kappa shape index (κ2) is 9.35. The number of hydrogen-bond donors (Lipinski definition) is 3. The monoisotopic (exact) mass is 449 g/mol. The summed E-state index contributed by atoms with van der Waals surface area (Å²) < 4.78 is 12.8. The maximum absolute atomic E-state index is 11.9. The Morgan fingerprint density at radius 3 is 2.64 bits per heavy atom. The van der Waals surface area contributed by atoms with Gasteiger partial charge in [-0.3, -0.25) is 4.79 Å². The zero-order valence-corrected chi connectivity index (χ0v) is 18.3.